The number of methoxy groups -OCH3 is 2. The summed E-state index contributed by atoms with van der Waals surface area (Å²) in [5.41, 5.74) is 4.90. The minimum Gasteiger partial charge on any atom is -0.508 e. The highest BCUT2D eigenvalue weighted by molar-refractivity contribution is 5.56. The number of benzene rings is 3. The van der Waals surface area contributed by atoms with Gasteiger partial charge in [0.15, 0.2) is 23.1 Å². The van der Waals surface area contributed by atoms with Crippen molar-refractivity contribution in [2.45, 2.75) is 97.7 Å². The smallest absolute Gasteiger partial charge is 0.165 e. The van der Waals surface area contributed by atoms with E-state index < -0.39 is 0 Å². The van der Waals surface area contributed by atoms with Crippen LogP contribution in [0.1, 0.15) is 83.9 Å². The second kappa shape index (κ2) is 17.5. The maximum atomic E-state index is 14.9. The molecule has 1 saturated heterocycles. The number of ether oxygens (including phenoxy) is 3. The van der Waals surface area contributed by atoms with Gasteiger partial charge in [-0.1, -0.05) is 19.1 Å². The molecular weight excluding hydrogens is 603 g/mol. The molecule has 0 aromatic heterocycles. The predicted molar refractivity (Wildman–Crippen MR) is 196 cm³/mol. The maximum absolute atomic E-state index is 14.9. The minimum absolute atomic E-state index is 0.126. The molecule has 1 atom stereocenters. The maximum Gasteiger partial charge on any atom is 0.165 e. The third kappa shape index (κ3) is 10.1. The number of phenols is 1. The van der Waals surface area contributed by atoms with Gasteiger partial charge in [-0.25, -0.2) is 4.39 Å². The van der Waals surface area contributed by atoms with E-state index in [0.29, 0.717) is 36.1 Å². The van der Waals surface area contributed by atoms with Crippen molar-refractivity contribution in [1.82, 2.24) is 4.90 Å². The number of piperidine rings is 1. The molecule has 2 aliphatic rings. The standard InChI is InChI=1S/C28H41FN2O3.C11H14O.C2H2/c1-8-30(22-11-13-25(32-6)26(19-22)33-7)20-21-10-12-24(23(29)18-21)34-17-16-31-27(2,3)14-9-15-28(31,4)5;1-8-2-3-10-7-11(12)5-4-9(10)6-8;1-2/h10-13,18-19H,8-9,14-17,20H2,1-7H3;4-5,7-8,12H,2-3,6H2,1H3;1-2H. The van der Waals surface area contributed by atoms with Crippen molar-refractivity contribution in [3.05, 3.63) is 77.1 Å². The molecule has 6 nitrogen and oxygen atoms in total. The van der Waals surface area contributed by atoms with Gasteiger partial charge in [-0.05, 0) is 132 Å². The van der Waals surface area contributed by atoms with E-state index in [1.54, 1.807) is 32.4 Å². The molecule has 0 spiro atoms. The molecule has 0 radical (unpaired) electrons. The normalized spacial score (nSPS) is 17.8. The van der Waals surface area contributed by atoms with Crippen molar-refractivity contribution in [2.24, 2.45) is 5.92 Å². The van der Waals surface area contributed by atoms with E-state index in [9.17, 15) is 9.50 Å². The first kappa shape index (κ1) is 38.6. The Hall–Kier alpha value is -3.89. The fourth-order valence-corrected chi connectivity index (χ4v) is 7.21. The molecule has 1 aliphatic carbocycles. The lowest BCUT2D eigenvalue weighted by Crippen LogP contribution is -2.59. The summed E-state index contributed by atoms with van der Waals surface area (Å²) in [5, 5.41) is 9.25. The third-order valence-electron chi connectivity index (χ3n) is 9.76. The molecule has 48 heavy (non-hydrogen) atoms. The average molecular weight is 661 g/mol. The Bertz CT molecular complexity index is 1470. The minimum atomic E-state index is -0.321. The monoisotopic (exact) mass is 660 g/mol. The number of aromatic hydroxyl groups is 1. The third-order valence-corrected chi connectivity index (χ3v) is 9.76. The van der Waals surface area contributed by atoms with E-state index in [-0.39, 0.29) is 16.9 Å². The predicted octanol–water partition coefficient (Wildman–Crippen LogP) is 9.06. The number of aryl methyl sites for hydroxylation is 1. The zero-order chi connectivity index (χ0) is 35.5. The summed E-state index contributed by atoms with van der Waals surface area (Å²) in [5.74, 6) is 2.56. The molecule has 7 heteroatoms. The molecule has 1 unspecified atom stereocenters. The van der Waals surface area contributed by atoms with Crippen LogP contribution in [0.4, 0.5) is 10.1 Å². The number of hydrogen-bond donors (Lipinski definition) is 1. The summed E-state index contributed by atoms with van der Waals surface area (Å²) in [4.78, 5) is 4.68. The van der Waals surface area contributed by atoms with E-state index in [1.165, 1.54) is 43.2 Å². The van der Waals surface area contributed by atoms with Gasteiger partial charge in [-0.2, -0.15) is 0 Å². The van der Waals surface area contributed by atoms with Crippen LogP contribution in [0.2, 0.25) is 0 Å². The zero-order valence-electron chi connectivity index (χ0n) is 30.4. The summed E-state index contributed by atoms with van der Waals surface area (Å²) < 4.78 is 31.6. The molecule has 0 amide bonds. The number of halogens is 1. The van der Waals surface area contributed by atoms with Crippen molar-refractivity contribution >= 4 is 5.69 Å². The molecule has 262 valence electrons. The van der Waals surface area contributed by atoms with Crippen molar-refractivity contribution in [1.29, 1.82) is 0 Å². The molecular formula is C41H57FN2O4. The number of rotatable bonds is 10. The molecule has 0 bridgehead atoms. The van der Waals surface area contributed by atoms with Crippen LogP contribution < -0.4 is 19.1 Å². The van der Waals surface area contributed by atoms with Crippen LogP contribution in [-0.4, -0.2) is 55.0 Å². The molecule has 1 fully saturated rings. The summed E-state index contributed by atoms with van der Waals surface area (Å²) in [6.07, 6.45) is 15.2. The van der Waals surface area contributed by atoms with Crippen LogP contribution in [0.5, 0.6) is 23.0 Å². The SMILES string of the molecule is C#C.CC1CCc2cc(O)ccc2C1.CCN(Cc1ccc(OCCN2C(C)(C)CCCC2(C)C)c(F)c1)c1ccc(OC)c(OC)c1. The first-order valence-electron chi connectivity index (χ1n) is 17.2. The van der Waals surface area contributed by atoms with E-state index in [4.69, 9.17) is 14.2 Å². The lowest BCUT2D eigenvalue weighted by Gasteiger charge is -2.53. The Kier molecular flexibility index (Phi) is 14.0. The number of terminal acetylenes is 1. The largest absolute Gasteiger partial charge is 0.508 e. The number of fused-ring (bicyclic) bond motifs is 1. The highest BCUT2D eigenvalue weighted by atomic mass is 19.1. The summed E-state index contributed by atoms with van der Waals surface area (Å²) in [6.45, 7) is 16.1. The highest BCUT2D eigenvalue weighted by Gasteiger charge is 2.40. The van der Waals surface area contributed by atoms with Crippen molar-refractivity contribution in [2.75, 3.05) is 38.8 Å². The molecule has 1 aliphatic heterocycles. The number of hydrogen-bond acceptors (Lipinski definition) is 6. The van der Waals surface area contributed by atoms with Gasteiger partial charge in [-0.15, -0.1) is 12.8 Å². The van der Waals surface area contributed by atoms with Crippen LogP contribution in [0.15, 0.2) is 54.6 Å². The zero-order valence-corrected chi connectivity index (χ0v) is 30.4. The molecule has 3 aromatic rings. The average Bonchev–Trinajstić information content (AvgIpc) is 3.06. The molecule has 5 rings (SSSR count). The van der Waals surface area contributed by atoms with Crippen molar-refractivity contribution in [3.8, 4) is 35.8 Å². The van der Waals surface area contributed by atoms with Gasteiger partial charge in [0.1, 0.15) is 12.4 Å². The lowest BCUT2D eigenvalue weighted by atomic mass is 9.80. The lowest BCUT2D eigenvalue weighted by molar-refractivity contribution is -0.0342. The Morgan fingerprint density at radius 3 is 2.19 bits per heavy atom. The number of phenolic OH excluding ortho intramolecular Hbond substituents is 1. The van der Waals surface area contributed by atoms with Crippen LogP contribution >= 0.6 is 0 Å². The van der Waals surface area contributed by atoms with Gasteiger partial charge in [0.05, 0.1) is 14.2 Å². The quantitative estimate of drug-likeness (QED) is 0.219. The summed E-state index contributed by atoms with van der Waals surface area (Å²) in [7, 11) is 3.25. The molecule has 1 heterocycles. The van der Waals surface area contributed by atoms with Gasteiger partial charge in [0.25, 0.3) is 0 Å². The second-order valence-electron chi connectivity index (χ2n) is 14.1. The van der Waals surface area contributed by atoms with E-state index in [2.05, 4.69) is 70.3 Å². The molecule has 0 saturated carbocycles. The van der Waals surface area contributed by atoms with Crippen LogP contribution in [0, 0.1) is 24.6 Å². The summed E-state index contributed by atoms with van der Waals surface area (Å²) >= 11 is 0. The Morgan fingerprint density at radius 2 is 1.56 bits per heavy atom. The topological polar surface area (TPSA) is 54.4 Å². The highest BCUT2D eigenvalue weighted by Crippen LogP contribution is 2.38. The molecule has 3 aromatic carbocycles. The van der Waals surface area contributed by atoms with Gasteiger partial charge < -0.3 is 24.2 Å². The van der Waals surface area contributed by atoms with Gasteiger partial charge >= 0.3 is 0 Å². The van der Waals surface area contributed by atoms with Crippen molar-refractivity contribution < 1.29 is 23.7 Å². The van der Waals surface area contributed by atoms with E-state index in [1.807, 2.05) is 30.3 Å². The van der Waals surface area contributed by atoms with Crippen LogP contribution in [-0.2, 0) is 19.4 Å². The Morgan fingerprint density at radius 1 is 0.896 bits per heavy atom. The van der Waals surface area contributed by atoms with Gasteiger partial charge in [-0.3, -0.25) is 4.90 Å². The summed E-state index contributed by atoms with van der Waals surface area (Å²) in [6, 6.07) is 16.8. The fourth-order valence-electron chi connectivity index (χ4n) is 7.21. The Labute approximate surface area is 289 Å². The number of nitrogens with zero attached hydrogens (tertiary/aromatic N) is 2. The first-order valence-corrected chi connectivity index (χ1v) is 17.2. The van der Waals surface area contributed by atoms with Crippen molar-refractivity contribution in [3.63, 3.8) is 0 Å². The van der Waals surface area contributed by atoms with Crippen LogP contribution in [0.3, 0.4) is 0 Å². The first-order chi connectivity index (χ1) is 22.9. The molecule has 1 N–H and O–H groups in total. The number of likely N-dealkylation sites (tertiary alicyclic amines) is 1. The Balaban J connectivity index is 0.000000369. The number of anilines is 1. The van der Waals surface area contributed by atoms with Gasteiger partial charge in [0.2, 0.25) is 0 Å². The van der Waals surface area contributed by atoms with E-state index >= 15 is 0 Å². The fraction of sp³-hybridized carbons (Fsp3) is 0.512. The van der Waals surface area contributed by atoms with Crippen LogP contribution in [0.25, 0.3) is 0 Å². The van der Waals surface area contributed by atoms with E-state index in [0.717, 1.165) is 36.7 Å². The van der Waals surface area contributed by atoms with Gasteiger partial charge in [0, 0.05) is 42.5 Å². The second-order valence-corrected chi connectivity index (χ2v) is 14.1.